The lowest BCUT2D eigenvalue weighted by molar-refractivity contribution is 0.232. The molecule has 0 aromatic carbocycles. The fourth-order valence-corrected chi connectivity index (χ4v) is 2.49. The van der Waals surface area contributed by atoms with Crippen LogP contribution < -0.4 is 10.6 Å². The smallest absolute Gasteiger partial charge is 0.315 e. The van der Waals surface area contributed by atoms with Crippen molar-refractivity contribution in [3.8, 4) is 0 Å². The molecule has 3 heteroatoms. The summed E-state index contributed by atoms with van der Waals surface area (Å²) in [6, 6.07) is 0.386. The van der Waals surface area contributed by atoms with Crippen molar-refractivity contribution in [2.75, 3.05) is 6.54 Å². The Labute approximate surface area is 93.0 Å². The second-order valence-corrected chi connectivity index (χ2v) is 4.61. The minimum absolute atomic E-state index is 0.00505. The molecule has 1 fully saturated rings. The number of carbonyl (C=O) groups is 1. The lowest BCUT2D eigenvalue weighted by atomic mass is 9.94. The van der Waals surface area contributed by atoms with Crippen molar-refractivity contribution in [3.63, 3.8) is 0 Å². The molecule has 1 rings (SSSR count). The second kappa shape index (κ2) is 5.99. The summed E-state index contributed by atoms with van der Waals surface area (Å²) < 4.78 is 0. The van der Waals surface area contributed by atoms with Gasteiger partial charge in [0.05, 0.1) is 0 Å². The predicted molar refractivity (Wildman–Crippen MR) is 62.8 cm³/mol. The van der Waals surface area contributed by atoms with Gasteiger partial charge in [-0.1, -0.05) is 27.2 Å². The number of nitrogens with one attached hydrogen (secondary N) is 2. The summed E-state index contributed by atoms with van der Waals surface area (Å²) >= 11 is 0. The van der Waals surface area contributed by atoms with Gasteiger partial charge in [-0.3, -0.25) is 0 Å². The molecule has 0 saturated heterocycles. The maximum Gasteiger partial charge on any atom is 0.315 e. The Hall–Kier alpha value is -0.730. The first-order valence-electron chi connectivity index (χ1n) is 6.23. The zero-order valence-corrected chi connectivity index (χ0v) is 10.2. The largest absolute Gasteiger partial charge is 0.338 e. The fourth-order valence-electron chi connectivity index (χ4n) is 2.49. The van der Waals surface area contributed by atoms with Crippen molar-refractivity contribution in [2.24, 2.45) is 11.8 Å². The molecular weight excluding hydrogens is 188 g/mol. The second-order valence-electron chi connectivity index (χ2n) is 4.61. The van der Waals surface area contributed by atoms with Crippen LogP contribution in [0.15, 0.2) is 0 Å². The van der Waals surface area contributed by atoms with Crippen molar-refractivity contribution < 1.29 is 4.79 Å². The summed E-state index contributed by atoms with van der Waals surface area (Å²) in [5.74, 6) is 1.42. The normalized spacial score (nSPS) is 30.2. The van der Waals surface area contributed by atoms with Gasteiger partial charge in [0.1, 0.15) is 0 Å². The van der Waals surface area contributed by atoms with Gasteiger partial charge in [-0.2, -0.15) is 0 Å². The molecule has 1 aliphatic carbocycles. The quantitative estimate of drug-likeness (QED) is 0.738. The van der Waals surface area contributed by atoms with Crippen LogP contribution in [0.1, 0.15) is 46.5 Å². The molecule has 1 saturated carbocycles. The van der Waals surface area contributed by atoms with Crippen LogP contribution in [-0.4, -0.2) is 18.6 Å². The third kappa shape index (κ3) is 3.40. The Morgan fingerprint density at radius 3 is 2.60 bits per heavy atom. The van der Waals surface area contributed by atoms with E-state index >= 15 is 0 Å². The summed E-state index contributed by atoms with van der Waals surface area (Å²) in [6.07, 6.45) is 4.62. The van der Waals surface area contributed by atoms with Gasteiger partial charge in [-0.05, 0) is 31.1 Å². The van der Waals surface area contributed by atoms with Crippen LogP contribution in [-0.2, 0) is 0 Å². The highest BCUT2D eigenvalue weighted by molar-refractivity contribution is 5.74. The van der Waals surface area contributed by atoms with Crippen molar-refractivity contribution >= 4 is 6.03 Å². The average molecular weight is 212 g/mol. The van der Waals surface area contributed by atoms with Crippen LogP contribution in [0.5, 0.6) is 0 Å². The first-order chi connectivity index (χ1) is 7.19. The van der Waals surface area contributed by atoms with Crippen molar-refractivity contribution in [1.82, 2.24) is 10.6 Å². The number of urea groups is 1. The molecule has 0 aromatic heterocycles. The average Bonchev–Trinajstić information content (AvgIpc) is 2.57. The SMILES string of the molecule is CCCNC(=O)NC1CCC(CC)C1C. The number of hydrogen-bond donors (Lipinski definition) is 2. The summed E-state index contributed by atoms with van der Waals surface area (Å²) in [4.78, 5) is 11.5. The lowest BCUT2D eigenvalue weighted by Crippen LogP contribution is -2.43. The maximum atomic E-state index is 11.5. The van der Waals surface area contributed by atoms with Gasteiger partial charge in [0, 0.05) is 12.6 Å². The molecule has 3 atom stereocenters. The predicted octanol–water partition coefficient (Wildman–Crippen LogP) is 2.52. The highest BCUT2D eigenvalue weighted by atomic mass is 16.2. The molecule has 0 bridgehead atoms. The minimum atomic E-state index is 0.00505. The Kier molecular flexibility index (Phi) is 4.92. The third-order valence-corrected chi connectivity index (χ3v) is 3.60. The summed E-state index contributed by atoms with van der Waals surface area (Å²) in [5, 5.41) is 5.94. The Morgan fingerprint density at radius 1 is 1.33 bits per heavy atom. The highest BCUT2D eigenvalue weighted by Gasteiger charge is 2.32. The fraction of sp³-hybridized carbons (Fsp3) is 0.917. The molecule has 0 spiro atoms. The first kappa shape index (κ1) is 12.3. The molecule has 0 aliphatic heterocycles. The van der Waals surface area contributed by atoms with Crippen LogP contribution >= 0.6 is 0 Å². The van der Waals surface area contributed by atoms with E-state index in [1.807, 2.05) is 0 Å². The summed E-state index contributed by atoms with van der Waals surface area (Å²) in [6.45, 7) is 7.32. The van der Waals surface area contributed by atoms with Crippen LogP contribution in [0, 0.1) is 11.8 Å². The molecule has 1 aliphatic rings. The lowest BCUT2D eigenvalue weighted by Gasteiger charge is -2.21. The van der Waals surface area contributed by atoms with Crippen molar-refractivity contribution in [3.05, 3.63) is 0 Å². The zero-order valence-electron chi connectivity index (χ0n) is 10.2. The number of hydrogen-bond acceptors (Lipinski definition) is 1. The van der Waals surface area contributed by atoms with Crippen LogP contribution in [0.4, 0.5) is 4.79 Å². The molecule has 0 radical (unpaired) electrons. The Balaban J connectivity index is 2.30. The topological polar surface area (TPSA) is 41.1 Å². The van der Waals surface area contributed by atoms with Gasteiger partial charge < -0.3 is 10.6 Å². The van der Waals surface area contributed by atoms with Gasteiger partial charge in [0.25, 0.3) is 0 Å². The zero-order chi connectivity index (χ0) is 11.3. The van der Waals surface area contributed by atoms with E-state index in [2.05, 4.69) is 31.4 Å². The maximum absolute atomic E-state index is 11.5. The number of carbonyl (C=O) groups excluding carboxylic acids is 1. The van der Waals surface area contributed by atoms with E-state index in [4.69, 9.17) is 0 Å². The molecule has 2 N–H and O–H groups in total. The third-order valence-electron chi connectivity index (χ3n) is 3.60. The number of amides is 2. The molecule has 2 amide bonds. The van der Waals surface area contributed by atoms with E-state index in [9.17, 15) is 4.79 Å². The van der Waals surface area contributed by atoms with Gasteiger partial charge in [-0.25, -0.2) is 4.79 Å². The molecule has 3 nitrogen and oxygen atoms in total. The van der Waals surface area contributed by atoms with Crippen LogP contribution in [0.3, 0.4) is 0 Å². The first-order valence-corrected chi connectivity index (χ1v) is 6.23. The molecule has 0 aromatic rings. The van der Waals surface area contributed by atoms with Gasteiger partial charge in [-0.15, -0.1) is 0 Å². The minimum Gasteiger partial charge on any atom is -0.338 e. The van der Waals surface area contributed by atoms with E-state index in [0.717, 1.165) is 25.3 Å². The van der Waals surface area contributed by atoms with Gasteiger partial charge in [0.2, 0.25) is 0 Å². The van der Waals surface area contributed by atoms with Gasteiger partial charge >= 0.3 is 6.03 Å². The van der Waals surface area contributed by atoms with E-state index in [0.29, 0.717) is 12.0 Å². The van der Waals surface area contributed by atoms with E-state index in [-0.39, 0.29) is 6.03 Å². The summed E-state index contributed by atoms with van der Waals surface area (Å²) in [7, 11) is 0. The molecular formula is C12H24N2O. The Bertz CT molecular complexity index is 206. The monoisotopic (exact) mass is 212 g/mol. The van der Waals surface area contributed by atoms with E-state index < -0.39 is 0 Å². The summed E-state index contributed by atoms with van der Waals surface area (Å²) in [5.41, 5.74) is 0. The van der Waals surface area contributed by atoms with Gasteiger partial charge in [0.15, 0.2) is 0 Å². The van der Waals surface area contributed by atoms with Crippen LogP contribution in [0.25, 0.3) is 0 Å². The standard InChI is InChI=1S/C12H24N2O/c1-4-8-13-12(15)14-11-7-6-10(5-2)9(11)3/h9-11H,4-8H2,1-3H3,(H2,13,14,15). The number of rotatable bonds is 4. The van der Waals surface area contributed by atoms with E-state index in [1.54, 1.807) is 0 Å². The van der Waals surface area contributed by atoms with Crippen molar-refractivity contribution in [1.29, 1.82) is 0 Å². The van der Waals surface area contributed by atoms with E-state index in [1.165, 1.54) is 12.8 Å². The molecule has 3 unspecified atom stereocenters. The molecule has 0 heterocycles. The molecule has 88 valence electrons. The molecule has 15 heavy (non-hydrogen) atoms. The van der Waals surface area contributed by atoms with Crippen LogP contribution in [0.2, 0.25) is 0 Å². The Morgan fingerprint density at radius 2 is 2.07 bits per heavy atom. The van der Waals surface area contributed by atoms with Crippen molar-refractivity contribution in [2.45, 2.75) is 52.5 Å². The highest BCUT2D eigenvalue weighted by Crippen LogP contribution is 2.33.